The molecule has 0 atom stereocenters. The van der Waals surface area contributed by atoms with Crippen LogP contribution < -0.4 is 5.73 Å². The van der Waals surface area contributed by atoms with Gasteiger partial charge in [-0.25, -0.2) is 8.78 Å². The molecule has 0 amide bonds. The van der Waals surface area contributed by atoms with Crippen LogP contribution >= 0.6 is 11.6 Å². The Morgan fingerprint density at radius 1 is 1.58 bits per heavy atom. The number of hydrogen-bond donors (Lipinski definition) is 1. The number of rotatable bonds is 2. The highest BCUT2D eigenvalue weighted by molar-refractivity contribution is 6.17. The van der Waals surface area contributed by atoms with Crippen LogP contribution in [0.15, 0.2) is 12.3 Å². The molecule has 1 rings (SSSR count). The number of nitrogen functional groups attached to an aromatic ring is 1. The maximum atomic E-state index is 12.1. The Balaban J connectivity index is 3.03. The third-order valence-electron chi connectivity index (χ3n) is 1.37. The standard InChI is InChI=1S/C7H7ClF2N2/c8-2-4-1-5(11)6(7(9)10)12-3-4/h1,3,7H,2,11H2. The second kappa shape index (κ2) is 3.67. The zero-order valence-corrected chi connectivity index (χ0v) is 6.85. The first kappa shape index (κ1) is 9.19. The van der Waals surface area contributed by atoms with Gasteiger partial charge in [0.25, 0.3) is 6.43 Å². The van der Waals surface area contributed by atoms with Crippen molar-refractivity contribution in [1.29, 1.82) is 0 Å². The summed E-state index contributed by atoms with van der Waals surface area (Å²) in [7, 11) is 0. The predicted octanol–water partition coefficient (Wildman–Crippen LogP) is 2.34. The molecule has 0 saturated heterocycles. The van der Waals surface area contributed by atoms with Gasteiger partial charge in [0.05, 0.1) is 5.69 Å². The van der Waals surface area contributed by atoms with Crippen molar-refractivity contribution in [1.82, 2.24) is 4.98 Å². The summed E-state index contributed by atoms with van der Waals surface area (Å²) in [6.07, 6.45) is -1.33. The number of alkyl halides is 3. The molecular weight excluding hydrogens is 186 g/mol. The smallest absolute Gasteiger partial charge is 0.282 e. The topological polar surface area (TPSA) is 38.9 Å². The summed E-state index contributed by atoms with van der Waals surface area (Å²) in [6, 6.07) is 1.40. The van der Waals surface area contributed by atoms with E-state index in [9.17, 15) is 8.78 Å². The lowest BCUT2D eigenvalue weighted by molar-refractivity contribution is 0.147. The van der Waals surface area contributed by atoms with Crippen LogP contribution in [0, 0.1) is 0 Å². The Bertz CT molecular complexity index is 278. The van der Waals surface area contributed by atoms with Crippen molar-refractivity contribution < 1.29 is 8.78 Å². The summed E-state index contributed by atoms with van der Waals surface area (Å²) in [4.78, 5) is 3.49. The summed E-state index contributed by atoms with van der Waals surface area (Å²) in [5, 5.41) is 0. The minimum Gasteiger partial charge on any atom is -0.397 e. The fourth-order valence-corrected chi connectivity index (χ4v) is 0.940. The maximum absolute atomic E-state index is 12.1. The molecule has 1 aromatic heterocycles. The summed E-state index contributed by atoms with van der Waals surface area (Å²) >= 11 is 5.45. The average Bonchev–Trinajstić information content (AvgIpc) is 2.03. The fraction of sp³-hybridized carbons (Fsp3) is 0.286. The maximum Gasteiger partial charge on any atom is 0.282 e. The second-order valence-corrected chi connectivity index (χ2v) is 2.52. The van der Waals surface area contributed by atoms with Gasteiger partial charge in [0.2, 0.25) is 0 Å². The third kappa shape index (κ3) is 1.82. The number of nitrogens with two attached hydrogens (primary N) is 1. The van der Waals surface area contributed by atoms with Gasteiger partial charge < -0.3 is 5.73 Å². The van der Waals surface area contributed by atoms with Crippen LogP contribution in [0.3, 0.4) is 0 Å². The lowest BCUT2D eigenvalue weighted by Gasteiger charge is -2.03. The van der Waals surface area contributed by atoms with E-state index in [-0.39, 0.29) is 17.3 Å². The van der Waals surface area contributed by atoms with Gasteiger partial charge in [-0.2, -0.15) is 0 Å². The highest BCUT2D eigenvalue weighted by Gasteiger charge is 2.12. The van der Waals surface area contributed by atoms with E-state index in [2.05, 4.69) is 4.98 Å². The summed E-state index contributed by atoms with van der Waals surface area (Å²) in [5.74, 6) is 0.223. The molecule has 1 heterocycles. The highest BCUT2D eigenvalue weighted by Crippen LogP contribution is 2.23. The van der Waals surface area contributed by atoms with Crippen molar-refractivity contribution in [2.24, 2.45) is 0 Å². The molecule has 2 nitrogen and oxygen atoms in total. The van der Waals surface area contributed by atoms with E-state index in [0.29, 0.717) is 5.56 Å². The van der Waals surface area contributed by atoms with E-state index in [1.807, 2.05) is 0 Å². The minimum absolute atomic E-state index is 0.0110. The average molecular weight is 193 g/mol. The van der Waals surface area contributed by atoms with E-state index in [1.165, 1.54) is 12.3 Å². The molecule has 0 saturated carbocycles. The molecule has 0 fully saturated rings. The minimum atomic E-state index is -2.63. The number of nitrogens with zero attached hydrogens (tertiary/aromatic N) is 1. The van der Waals surface area contributed by atoms with Crippen molar-refractivity contribution >= 4 is 17.3 Å². The molecular formula is C7H7ClF2N2. The molecule has 0 radical (unpaired) electrons. The molecule has 66 valence electrons. The lowest BCUT2D eigenvalue weighted by Crippen LogP contribution is -1.99. The van der Waals surface area contributed by atoms with E-state index in [0.717, 1.165) is 0 Å². The van der Waals surface area contributed by atoms with Crippen LogP contribution in [-0.2, 0) is 5.88 Å². The molecule has 0 aromatic carbocycles. The van der Waals surface area contributed by atoms with Crippen molar-refractivity contribution in [2.45, 2.75) is 12.3 Å². The van der Waals surface area contributed by atoms with Crippen LogP contribution in [0.2, 0.25) is 0 Å². The van der Waals surface area contributed by atoms with Gasteiger partial charge in [0.15, 0.2) is 0 Å². The molecule has 12 heavy (non-hydrogen) atoms. The number of hydrogen-bond acceptors (Lipinski definition) is 2. The van der Waals surface area contributed by atoms with Crippen LogP contribution in [0.4, 0.5) is 14.5 Å². The number of halogens is 3. The lowest BCUT2D eigenvalue weighted by atomic mass is 10.2. The quantitative estimate of drug-likeness (QED) is 0.731. The van der Waals surface area contributed by atoms with Gasteiger partial charge in [-0.15, -0.1) is 11.6 Å². The van der Waals surface area contributed by atoms with Gasteiger partial charge in [0, 0.05) is 12.1 Å². The Morgan fingerprint density at radius 2 is 2.25 bits per heavy atom. The van der Waals surface area contributed by atoms with Gasteiger partial charge >= 0.3 is 0 Å². The molecule has 0 bridgehead atoms. The van der Waals surface area contributed by atoms with Gasteiger partial charge in [-0.1, -0.05) is 0 Å². The largest absolute Gasteiger partial charge is 0.397 e. The van der Waals surface area contributed by atoms with Crippen LogP contribution in [-0.4, -0.2) is 4.98 Å². The Morgan fingerprint density at radius 3 is 2.67 bits per heavy atom. The summed E-state index contributed by atoms with van der Waals surface area (Å²) < 4.78 is 24.2. The molecule has 0 unspecified atom stereocenters. The Kier molecular flexibility index (Phi) is 2.81. The van der Waals surface area contributed by atoms with Crippen LogP contribution in [0.25, 0.3) is 0 Å². The Labute approximate surface area is 73.4 Å². The fourth-order valence-electron chi connectivity index (χ4n) is 0.793. The first-order chi connectivity index (χ1) is 5.65. The zero-order chi connectivity index (χ0) is 9.14. The van der Waals surface area contributed by atoms with E-state index in [1.54, 1.807) is 0 Å². The summed E-state index contributed by atoms with van der Waals surface area (Å²) in [6.45, 7) is 0. The zero-order valence-electron chi connectivity index (χ0n) is 6.10. The molecule has 2 N–H and O–H groups in total. The van der Waals surface area contributed by atoms with E-state index in [4.69, 9.17) is 17.3 Å². The number of aromatic nitrogens is 1. The molecule has 1 aromatic rings. The number of pyridine rings is 1. The molecule has 0 aliphatic rings. The number of anilines is 1. The molecule has 5 heteroatoms. The SMILES string of the molecule is Nc1cc(CCl)cnc1C(F)F. The van der Waals surface area contributed by atoms with Crippen LogP contribution in [0.1, 0.15) is 17.7 Å². The molecule has 0 spiro atoms. The Hall–Kier alpha value is -0.900. The third-order valence-corrected chi connectivity index (χ3v) is 1.68. The highest BCUT2D eigenvalue weighted by atomic mass is 35.5. The first-order valence-corrected chi connectivity index (χ1v) is 3.77. The predicted molar refractivity (Wildman–Crippen MR) is 43.2 cm³/mol. The van der Waals surface area contributed by atoms with Crippen molar-refractivity contribution in [3.63, 3.8) is 0 Å². The van der Waals surface area contributed by atoms with Crippen LogP contribution in [0.5, 0.6) is 0 Å². The van der Waals surface area contributed by atoms with E-state index < -0.39 is 6.43 Å². The van der Waals surface area contributed by atoms with E-state index >= 15 is 0 Å². The monoisotopic (exact) mass is 192 g/mol. The van der Waals surface area contributed by atoms with Gasteiger partial charge in [-0.3, -0.25) is 4.98 Å². The van der Waals surface area contributed by atoms with Crippen molar-refractivity contribution in [3.05, 3.63) is 23.5 Å². The van der Waals surface area contributed by atoms with Gasteiger partial charge in [-0.05, 0) is 11.6 Å². The normalized spacial score (nSPS) is 10.7. The second-order valence-electron chi connectivity index (χ2n) is 2.25. The van der Waals surface area contributed by atoms with Gasteiger partial charge in [0.1, 0.15) is 5.69 Å². The first-order valence-electron chi connectivity index (χ1n) is 3.23. The van der Waals surface area contributed by atoms with Crippen molar-refractivity contribution in [2.75, 3.05) is 5.73 Å². The van der Waals surface area contributed by atoms with Crippen molar-refractivity contribution in [3.8, 4) is 0 Å². The summed E-state index contributed by atoms with van der Waals surface area (Å²) in [5.41, 5.74) is 5.54. The molecule has 0 aliphatic heterocycles. The molecule has 0 aliphatic carbocycles.